The van der Waals surface area contributed by atoms with E-state index in [0.717, 1.165) is 0 Å². The van der Waals surface area contributed by atoms with Crippen LogP contribution in [0, 0.1) is 5.92 Å². The molecule has 1 heterocycles. The first kappa shape index (κ1) is 12.9. The summed E-state index contributed by atoms with van der Waals surface area (Å²) in [5.41, 5.74) is 5.30. The fourth-order valence-corrected chi connectivity index (χ4v) is 2.48. The van der Waals surface area contributed by atoms with Crippen molar-refractivity contribution in [1.29, 1.82) is 0 Å². The zero-order valence-corrected chi connectivity index (χ0v) is 10.4. The lowest BCUT2D eigenvalue weighted by atomic mass is 10.2. The van der Waals surface area contributed by atoms with Crippen molar-refractivity contribution in [2.24, 2.45) is 5.92 Å². The van der Waals surface area contributed by atoms with E-state index in [1.165, 1.54) is 23.7 Å². The van der Waals surface area contributed by atoms with Gasteiger partial charge in [0, 0.05) is 13.6 Å². The number of nitrogens with zero attached hydrogens (tertiary/aromatic N) is 3. The summed E-state index contributed by atoms with van der Waals surface area (Å²) < 4.78 is 25.3. The summed E-state index contributed by atoms with van der Waals surface area (Å²) in [7, 11) is -1.96. The van der Waals surface area contributed by atoms with Crippen molar-refractivity contribution >= 4 is 16.0 Å². The van der Waals surface area contributed by atoms with Crippen LogP contribution < -0.4 is 5.73 Å². The van der Waals surface area contributed by atoms with Crippen molar-refractivity contribution in [2.75, 3.05) is 19.3 Å². The average molecular weight is 244 g/mol. The third kappa shape index (κ3) is 2.89. The number of aromatic nitrogens is 2. The number of hydrogen-bond donors (Lipinski definition) is 1. The molecule has 1 aromatic heterocycles. The smallest absolute Gasteiger partial charge is 0.245 e. The predicted molar refractivity (Wildman–Crippen MR) is 61.1 cm³/mol. The molecule has 0 saturated heterocycles. The Morgan fingerprint density at radius 3 is 2.31 bits per heavy atom. The van der Waals surface area contributed by atoms with E-state index >= 15 is 0 Å². The van der Waals surface area contributed by atoms with Gasteiger partial charge in [-0.05, 0) is 5.92 Å². The summed E-state index contributed by atoms with van der Waals surface area (Å²) in [6.45, 7) is 4.35. The van der Waals surface area contributed by atoms with E-state index in [0.29, 0.717) is 6.54 Å². The minimum Gasteiger partial charge on any atom is -0.368 e. The van der Waals surface area contributed by atoms with Gasteiger partial charge in [0.2, 0.25) is 16.0 Å². The molecule has 90 valence electrons. The van der Waals surface area contributed by atoms with E-state index in [-0.39, 0.29) is 16.8 Å². The van der Waals surface area contributed by atoms with E-state index < -0.39 is 10.0 Å². The SMILES string of the molecule is CC(C)CN(C)S(=O)(=O)c1cnc(N)nc1. The number of nitrogen functional groups attached to an aromatic ring is 1. The van der Waals surface area contributed by atoms with Crippen molar-refractivity contribution in [3.8, 4) is 0 Å². The monoisotopic (exact) mass is 244 g/mol. The Hall–Kier alpha value is -1.21. The molecule has 0 bridgehead atoms. The molecule has 0 saturated carbocycles. The molecule has 0 unspecified atom stereocenters. The summed E-state index contributed by atoms with van der Waals surface area (Å²) in [6.07, 6.45) is 2.43. The summed E-state index contributed by atoms with van der Waals surface area (Å²) in [6, 6.07) is 0. The molecule has 7 heteroatoms. The molecule has 16 heavy (non-hydrogen) atoms. The van der Waals surface area contributed by atoms with Crippen LogP contribution in [0.4, 0.5) is 5.95 Å². The number of anilines is 1. The first-order chi connectivity index (χ1) is 7.34. The maximum absolute atomic E-state index is 12.0. The highest BCUT2D eigenvalue weighted by atomic mass is 32.2. The van der Waals surface area contributed by atoms with Crippen LogP contribution in [0.1, 0.15) is 13.8 Å². The Balaban J connectivity index is 2.97. The normalized spacial score (nSPS) is 12.3. The first-order valence-corrected chi connectivity index (χ1v) is 6.32. The highest BCUT2D eigenvalue weighted by Crippen LogP contribution is 2.13. The fourth-order valence-electron chi connectivity index (χ4n) is 1.25. The number of rotatable bonds is 4. The zero-order valence-electron chi connectivity index (χ0n) is 9.58. The maximum atomic E-state index is 12.0. The molecular formula is C9H16N4O2S. The van der Waals surface area contributed by atoms with Crippen LogP contribution >= 0.6 is 0 Å². The number of hydrogen-bond acceptors (Lipinski definition) is 5. The van der Waals surface area contributed by atoms with Crippen molar-refractivity contribution in [3.63, 3.8) is 0 Å². The molecule has 0 aliphatic heterocycles. The van der Waals surface area contributed by atoms with Crippen LogP contribution in [-0.4, -0.2) is 36.3 Å². The molecule has 6 nitrogen and oxygen atoms in total. The second kappa shape index (κ2) is 4.75. The topological polar surface area (TPSA) is 89.2 Å². The van der Waals surface area contributed by atoms with Crippen LogP contribution in [0.25, 0.3) is 0 Å². The van der Waals surface area contributed by atoms with Crippen LogP contribution in [0.5, 0.6) is 0 Å². The Labute approximate surface area is 95.6 Å². The number of sulfonamides is 1. The minimum atomic E-state index is -3.50. The summed E-state index contributed by atoms with van der Waals surface area (Å²) in [4.78, 5) is 7.40. The predicted octanol–water partition coefficient (Wildman–Crippen LogP) is 0.335. The van der Waals surface area contributed by atoms with Crippen LogP contribution in [0.2, 0.25) is 0 Å². The third-order valence-electron chi connectivity index (χ3n) is 1.98. The van der Waals surface area contributed by atoms with Gasteiger partial charge in [-0.3, -0.25) is 0 Å². The van der Waals surface area contributed by atoms with Gasteiger partial charge in [-0.25, -0.2) is 22.7 Å². The zero-order chi connectivity index (χ0) is 12.3. The van der Waals surface area contributed by atoms with Gasteiger partial charge in [-0.2, -0.15) is 0 Å². The van der Waals surface area contributed by atoms with Crippen LogP contribution in [0.3, 0.4) is 0 Å². The Bertz CT molecular complexity index is 441. The van der Waals surface area contributed by atoms with Crippen LogP contribution in [0.15, 0.2) is 17.3 Å². The Morgan fingerprint density at radius 1 is 1.38 bits per heavy atom. The quantitative estimate of drug-likeness (QED) is 0.824. The summed E-state index contributed by atoms with van der Waals surface area (Å²) >= 11 is 0. The van der Waals surface area contributed by atoms with Crippen LogP contribution in [-0.2, 0) is 10.0 Å². The lowest BCUT2D eigenvalue weighted by Crippen LogP contribution is -2.30. The van der Waals surface area contributed by atoms with E-state index in [9.17, 15) is 8.42 Å². The van der Waals surface area contributed by atoms with Gasteiger partial charge in [-0.1, -0.05) is 13.8 Å². The van der Waals surface area contributed by atoms with Crippen molar-refractivity contribution in [1.82, 2.24) is 14.3 Å². The molecule has 2 N–H and O–H groups in total. The standard InChI is InChI=1S/C9H16N4O2S/c1-7(2)6-13(3)16(14,15)8-4-11-9(10)12-5-8/h4-5,7H,6H2,1-3H3,(H2,10,11,12). The molecule has 0 amide bonds. The van der Waals surface area contributed by atoms with Gasteiger partial charge in [0.1, 0.15) is 4.90 Å². The molecule has 0 aliphatic carbocycles. The Kier molecular flexibility index (Phi) is 3.82. The minimum absolute atomic E-state index is 0.0600. The lowest BCUT2D eigenvalue weighted by Gasteiger charge is -2.18. The molecule has 0 atom stereocenters. The second-order valence-corrected chi connectivity index (χ2v) is 6.00. The maximum Gasteiger partial charge on any atom is 0.245 e. The van der Waals surface area contributed by atoms with Gasteiger partial charge >= 0.3 is 0 Å². The van der Waals surface area contributed by atoms with Gasteiger partial charge in [0.05, 0.1) is 12.4 Å². The van der Waals surface area contributed by atoms with E-state index in [2.05, 4.69) is 9.97 Å². The lowest BCUT2D eigenvalue weighted by molar-refractivity contribution is 0.417. The summed E-state index contributed by atoms with van der Waals surface area (Å²) in [5.74, 6) is 0.319. The van der Waals surface area contributed by atoms with Gasteiger partial charge in [0.15, 0.2) is 0 Å². The highest BCUT2D eigenvalue weighted by molar-refractivity contribution is 7.89. The second-order valence-electron chi connectivity index (χ2n) is 3.96. The molecule has 0 radical (unpaired) electrons. The first-order valence-electron chi connectivity index (χ1n) is 4.88. The molecular weight excluding hydrogens is 228 g/mol. The molecule has 0 aromatic carbocycles. The van der Waals surface area contributed by atoms with E-state index in [1.54, 1.807) is 0 Å². The van der Waals surface area contributed by atoms with Crippen molar-refractivity contribution in [2.45, 2.75) is 18.7 Å². The van der Waals surface area contributed by atoms with Gasteiger partial charge in [-0.15, -0.1) is 0 Å². The van der Waals surface area contributed by atoms with Gasteiger partial charge in [0.25, 0.3) is 0 Å². The van der Waals surface area contributed by atoms with Crippen molar-refractivity contribution in [3.05, 3.63) is 12.4 Å². The highest BCUT2D eigenvalue weighted by Gasteiger charge is 2.21. The molecule has 1 aromatic rings. The molecule has 1 rings (SSSR count). The largest absolute Gasteiger partial charge is 0.368 e. The van der Waals surface area contributed by atoms with Gasteiger partial charge < -0.3 is 5.73 Å². The van der Waals surface area contributed by atoms with E-state index in [4.69, 9.17) is 5.73 Å². The molecule has 0 fully saturated rings. The Morgan fingerprint density at radius 2 is 1.88 bits per heavy atom. The average Bonchev–Trinajstić information content (AvgIpc) is 2.17. The van der Waals surface area contributed by atoms with Crippen molar-refractivity contribution < 1.29 is 8.42 Å². The molecule has 0 aliphatic rings. The third-order valence-corrected chi connectivity index (χ3v) is 3.75. The molecule has 0 spiro atoms. The van der Waals surface area contributed by atoms with E-state index in [1.807, 2.05) is 13.8 Å². The fraction of sp³-hybridized carbons (Fsp3) is 0.556. The number of nitrogens with two attached hydrogens (primary N) is 1. The summed E-state index contributed by atoms with van der Waals surface area (Å²) in [5, 5.41) is 0.